The van der Waals surface area contributed by atoms with Crippen LogP contribution in [0.3, 0.4) is 0 Å². The van der Waals surface area contributed by atoms with Gasteiger partial charge in [0.25, 0.3) is 5.56 Å². The van der Waals surface area contributed by atoms with Crippen molar-refractivity contribution in [3.63, 3.8) is 0 Å². The van der Waals surface area contributed by atoms with Crippen LogP contribution in [0.25, 0.3) is 11.0 Å². The minimum Gasteiger partial charge on any atom is -0.467 e. The average Bonchev–Trinajstić information content (AvgIpc) is 3.31. The molecule has 3 aromatic heterocycles. The average molecular weight is 401 g/mol. The number of para-hydroxylation sites is 1. The summed E-state index contributed by atoms with van der Waals surface area (Å²) in [6, 6.07) is 17.5. The zero-order valence-electron chi connectivity index (χ0n) is 16.6. The van der Waals surface area contributed by atoms with Crippen LogP contribution in [-0.4, -0.2) is 33.7 Å². The Morgan fingerprint density at radius 1 is 1.07 bits per heavy atom. The molecule has 7 heteroatoms. The minimum atomic E-state index is -0.114. The fourth-order valence-corrected chi connectivity index (χ4v) is 4.03. The van der Waals surface area contributed by atoms with Crippen molar-refractivity contribution in [2.75, 3.05) is 18.0 Å². The van der Waals surface area contributed by atoms with Gasteiger partial charge >= 0.3 is 0 Å². The normalized spacial score (nSPS) is 14.8. The van der Waals surface area contributed by atoms with Gasteiger partial charge in [0.05, 0.1) is 12.8 Å². The highest BCUT2D eigenvalue weighted by molar-refractivity contribution is 5.76. The third-order valence-electron chi connectivity index (χ3n) is 5.53. The Balaban J connectivity index is 1.63. The topological polar surface area (TPSA) is 76.2 Å². The molecule has 0 unspecified atom stereocenters. The van der Waals surface area contributed by atoms with Crippen LogP contribution in [0.4, 0.5) is 11.6 Å². The zero-order valence-corrected chi connectivity index (χ0v) is 16.6. The van der Waals surface area contributed by atoms with Crippen LogP contribution < -0.4 is 15.8 Å². The molecule has 7 nitrogen and oxygen atoms in total. The first-order valence-electron chi connectivity index (χ1n) is 10.2. The molecule has 0 spiro atoms. The quantitative estimate of drug-likeness (QED) is 0.553. The smallest absolute Gasteiger partial charge is 0.252 e. The Labute approximate surface area is 174 Å². The van der Waals surface area contributed by atoms with Crippen LogP contribution in [0, 0.1) is 0 Å². The van der Waals surface area contributed by atoms with E-state index < -0.39 is 0 Å². The maximum atomic E-state index is 12.7. The molecule has 0 bridgehead atoms. The summed E-state index contributed by atoms with van der Waals surface area (Å²) < 4.78 is 7.11. The van der Waals surface area contributed by atoms with Gasteiger partial charge in [-0.05, 0) is 56.3 Å². The van der Waals surface area contributed by atoms with Crippen molar-refractivity contribution in [2.45, 2.75) is 25.4 Å². The molecule has 1 fully saturated rings. The Hall–Kier alpha value is -3.45. The second-order valence-electron chi connectivity index (χ2n) is 7.47. The number of nitrogens with zero attached hydrogens (tertiary/aromatic N) is 4. The number of anilines is 2. The van der Waals surface area contributed by atoms with Gasteiger partial charge in [-0.2, -0.15) is 4.98 Å². The van der Waals surface area contributed by atoms with E-state index in [2.05, 4.69) is 27.3 Å². The molecule has 1 N–H and O–H groups in total. The summed E-state index contributed by atoms with van der Waals surface area (Å²) in [5.41, 5.74) is 1.55. The molecule has 1 aliphatic heterocycles. The maximum absolute atomic E-state index is 12.7. The Kier molecular flexibility index (Phi) is 5.03. The van der Waals surface area contributed by atoms with Crippen molar-refractivity contribution < 1.29 is 4.42 Å². The molecule has 152 valence electrons. The third-order valence-corrected chi connectivity index (χ3v) is 5.53. The van der Waals surface area contributed by atoms with Gasteiger partial charge in [-0.1, -0.05) is 18.2 Å². The Bertz CT molecular complexity index is 1180. The van der Waals surface area contributed by atoms with Gasteiger partial charge in [0.1, 0.15) is 11.4 Å². The third kappa shape index (κ3) is 3.59. The van der Waals surface area contributed by atoms with E-state index in [1.165, 1.54) is 0 Å². The fraction of sp³-hybridized carbons (Fsp3) is 0.261. The highest BCUT2D eigenvalue weighted by atomic mass is 16.3. The number of piperidine rings is 1. The summed E-state index contributed by atoms with van der Waals surface area (Å²) in [5.74, 6) is 1.32. The molecular formula is C23H23N5O2. The predicted octanol–water partition coefficient (Wildman–Crippen LogP) is 3.32. The van der Waals surface area contributed by atoms with E-state index in [0.717, 1.165) is 37.0 Å². The second kappa shape index (κ2) is 8.12. The highest BCUT2D eigenvalue weighted by Gasteiger charge is 2.25. The fourth-order valence-electron chi connectivity index (χ4n) is 4.03. The first-order chi connectivity index (χ1) is 14.8. The molecule has 0 atom stereocenters. The van der Waals surface area contributed by atoms with E-state index in [-0.39, 0.29) is 5.56 Å². The van der Waals surface area contributed by atoms with E-state index in [9.17, 15) is 4.79 Å². The van der Waals surface area contributed by atoms with Crippen molar-refractivity contribution in [1.29, 1.82) is 0 Å². The number of rotatable bonds is 5. The zero-order chi connectivity index (χ0) is 20.3. The lowest BCUT2D eigenvalue weighted by Crippen LogP contribution is -2.41. The summed E-state index contributed by atoms with van der Waals surface area (Å²) in [5, 5.41) is 4.24. The molecule has 5 rings (SSSR count). The number of hydrogen-bond donors (Lipinski definition) is 1. The van der Waals surface area contributed by atoms with Gasteiger partial charge in [-0.3, -0.25) is 9.36 Å². The summed E-state index contributed by atoms with van der Waals surface area (Å²) in [7, 11) is 0. The van der Waals surface area contributed by atoms with Gasteiger partial charge in [-0.15, -0.1) is 0 Å². The van der Waals surface area contributed by atoms with Crippen LogP contribution in [-0.2, 0) is 6.54 Å². The van der Waals surface area contributed by atoms with Gasteiger partial charge in [0.2, 0.25) is 5.95 Å². The maximum Gasteiger partial charge on any atom is 0.252 e. The van der Waals surface area contributed by atoms with Crippen LogP contribution in [0.1, 0.15) is 18.6 Å². The molecule has 1 aliphatic rings. The van der Waals surface area contributed by atoms with Crippen molar-refractivity contribution in [3.05, 3.63) is 83.2 Å². The lowest BCUT2D eigenvalue weighted by molar-refractivity contribution is 0.448. The molecule has 4 heterocycles. The highest BCUT2D eigenvalue weighted by Crippen LogP contribution is 2.29. The summed E-state index contributed by atoms with van der Waals surface area (Å²) in [4.78, 5) is 24.4. The van der Waals surface area contributed by atoms with Gasteiger partial charge in [0.15, 0.2) is 0 Å². The van der Waals surface area contributed by atoms with E-state index in [0.29, 0.717) is 29.9 Å². The molecular weight excluding hydrogens is 378 g/mol. The first kappa shape index (κ1) is 18.6. The van der Waals surface area contributed by atoms with Crippen LogP contribution >= 0.6 is 0 Å². The number of furan rings is 1. The van der Waals surface area contributed by atoms with Crippen molar-refractivity contribution in [1.82, 2.24) is 19.9 Å². The van der Waals surface area contributed by atoms with E-state index >= 15 is 0 Å². The molecule has 0 radical (unpaired) electrons. The molecule has 1 saturated heterocycles. The molecule has 0 saturated carbocycles. The molecule has 4 aromatic rings. The van der Waals surface area contributed by atoms with E-state index in [4.69, 9.17) is 9.40 Å². The molecule has 30 heavy (non-hydrogen) atoms. The van der Waals surface area contributed by atoms with Crippen LogP contribution in [0.2, 0.25) is 0 Å². The SMILES string of the molecule is O=c1ccc2cnc(N(c3ccccc3)C3CCNCC3)nc2n1Cc1ccco1. The first-order valence-corrected chi connectivity index (χ1v) is 10.2. The predicted molar refractivity (Wildman–Crippen MR) is 116 cm³/mol. The number of pyridine rings is 1. The molecule has 0 aliphatic carbocycles. The van der Waals surface area contributed by atoms with Crippen LogP contribution in [0.15, 0.2) is 76.3 Å². The number of nitrogens with one attached hydrogen (secondary N) is 1. The number of benzene rings is 1. The van der Waals surface area contributed by atoms with Crippen molar-refractivity contribution in [3.8, 4) is 0 Å². The van der Waals surface area contributed by atoms with Crippen LogP contribution in [0.5, 0.6) is 0 Å². The van der Waals surface area contributed by atoms with Gasteiger partial charge in [-0.25, -0.2) is 4.98 Å². The minimum absolute atomic E-state index is 0.114. The van der Waals surface area contributed by atoms with E-state index in [1.54, 1.807) is 29.2 Å². The monoisotopic (exact) mass is 401 g/mol. The summed E-state index contributed by atoms with van der Waals surface area (Å²) in [6.07, 6.45) is 5.42. The molecule has 0 amide bonds. The number of fused-ring (bicyclic) bond motifs is 1. The summed E-state index contributed by atoms with van der Waals surface area (Å²) >= 11 is 0. The van der Waals surface area contributed by atoms with Crippen molar-refractivity contribution >= 4 is 22.7 Å². The largest absolute Gasteiger partial charge is 0.467 e. The lowest BCUT2D eigenvalue weighted by atomic mass is 10.0. The summed E-state index contributed by atoms with van der Waals surface area (Å²) in [6.45, 7) is 2.26. The van der Waals surface area contributed by atoms with Gasteiger partial charge in [0, 0.05) is 29.4 Å². The number of hydrogen-bond acceptors (Lipinski definition) is 6. The number of aromatic nitrogens is 3. The second-order valence-corrected chi connectivity index (χ2v) is 7.47. The molecule has 1 aromatic carbocycles. The Morgan fingerprint density at radius 3 is 2.67 bits per heavy atom. The van der Waals surface area contributed by atoms with Gasteiger partial charge < -0.3 is 14.6 Å². The Morgan fingerprint density at radius 2 is 1.90 bits per heavy atom. The van der Waals surface area contributed by atoms with E-state index in [1.807, 2.05) is 30.3 Å². The standard InChI is InChI=1S/C23H23N5O2/c29-21-9-8-17-15-25-23(26-22(17)27(21)16-20-7-4-14-30-20)28(18-5-2-1-3-6-18)19-10-12-24-13-11-19/h1-9,14-15,19,24H,10-13,16H2. The lowest BCUT2D eigenvalue weighted by Gasteiger charge is -2.34. The van der Waals surface area contributed by atoms with Crippen molar-refractivity contribution in [2.24, 2.45) is 0 Å².